The molecule has 0 radical (unpaired) electrons. The summed E-state index contributed by atoms with van der Waals surface area (Å²) in [7, 11) is 0. The maximum atomic E-state index is 6.69. The third kappa shape index (κ3) is 4.36. The van der Waals surface area contributed by atoms with Gasteiger partial charge in [0.25, 0.3) is 0 Å². The number of furan rings is 1. The van der Waals surface area contributed by atoms with Crippen LogP contribution >= 0.6 is 0 Å². The molecule has 1 heteroatoms. The highest BCUT2D eigenvalue weighted by Crippen LogP contribution is 2.44. The van der Waals surface area contributed by atoms with E-state index >= 15 is 0 Å². The first kappa shape index (κ1) is 25.4. The van der Waals surface area contributed by atoms with Crippen LogP contribution in [-0.2, 0) is 0 Å². The molecule has 0 bridgehead atoms. The molecule has 2 unspecified atom stereocenters. The summed E-state index contributed by atoms with van der Waals surface area (Å²) in [6, 6.07) is 13.1. The minimum Gasteiger partial charge on any atom is -0.455 e. The van der Waals surface area contributed by atoms with Crippen molar-refractivity contribution in [2.75, 3.05) is 0 Å². The SMILES string of the molecule is C1=CC2=CC=C(C3=CC4=CC=C(C5=CC=C(C6=c7oc8c(ccc9ccccc98)c7=CCC6)CC5)CC4CC3)CC2CC1. The molecule has 6 aliphatic rings. The summed E-state index contributed by atoms with van der Waals surface area (Å²) >= 11 is 0. The molecular weight excluding hydrogens is 520 g/mol. The fourth-order valence-corrected chi connectivity index (χ4v) is 8.52. The van der Waals surface area contributed by atoms with Crippen molar-refractivity contribution in [3.05, 3.63) is 141 Å². The minimum atomic E-state index is 0.666. The predicted molar refractivity (Wildman–Crippen MR) is 180 cm³/mol. The van der Waals surface area contributed by atoms with Gasteiger partial charge in [-0.3, -0.25) is 0 Å². The zero-order valence-electron chi connectivity index (χ0n) is 24.9. The second kappa shape index (κ2) is 10.3. The minimum absolute atomic E-state index is 0.666. The largest absolute Gasteiger partial charge is 0.455 e. The van der Waals surface area contributed by atoms with Crippen LogP contribution in [0.4, 0.5) is 0 Å². The van der Waals surface area contributed by atoms with Crippen molar-refractivity contribution in [2.24, 2.45) is 11.8 Å². The molecular formula is C42H38O. The lowest BCUT2D eigenvalue weighted by Gasteiger charge is -2.32. The van der Waals surface area contributed by atoms with Crippen LogP contribution in [-0.4, -0.2) is 0 Å². The Morgan fingerprint density at radius 3 is 2.30 bits per heavy atom. The second-order valence-corrected chi connectivity index (χ2v) is 13.3. The Morgan fingerprint density at radius 1 is 0.605 bits per heavy atom. The van der Waals surface area contributed by atoms with Gasteiger partial charge in [-0.05, 0) is 132 Å². The molecule has 43 heavy (non-hydrogen) atoms. The van der Waals surface area contributed by atoms with Gasteiger partial charge in [-0.15, -0.1) is 0 Å². The van der Waals surface area contributed by atoms with E-state index in [1.807, 2.05) is 0 Å². The average Bonchev–Trinajstić information content (AvgIpc) is 3.47. The Bertz CT molecular complexity index is 2070. The molecule has 3 aromatic rings. The number of hydrogen-bond acceptors (Lipinski definition) is 1. The lowest BCUT2D eigenvalue weighted by molar-refractivity contribution is 0.525. The van der Waals surface area contributed by atoms with Crippen LogP contribution < -0.4 is 10.6 Å². The van der Waals surface area contributed by atoms with Crippen LogP contribution in [0.3, 0.4) is 0 Å². The highest BCUT2D eigenvalue weighted by atomic mass is 16.3. The molecule has 0 spiro atoms. The summed E-state index contributed by atoms with van der Waals surface area (Å²) in [6.45, 7) is 0. The summed E-state index contributed by atoms with van der Waals surface area (Å²) in [5, 5.41) is 5.01. The van der Waals surface area contributed by atoms with Crippen LogP contribution in [0.15, 0.2) is 135 Å². The standard InChI is InChI=1S/C42H38O/c1-2-8-31-24-33(17-14-27(31)6-1)36-21-20-34-25-32(18-19-35(34)26-36)28-12-15-30(16-13-28)38-10-5-11-39-40-23-22-29-7-3-4-9-37(29)42(40)43-41(38)39/h1,3-4,6-7,9,11-12,14-15,17-19,22-23,26,31,34H,2,5,8,10,13,16,20-21,24-25H2. The monoisotopic (exact) mass is 558 g/mol. The first-order chi connectivity index (χ1) is 21.3. The van der Waals surface area contributed by atoms with Gasteiger partial charge in [0.1, 0.15) is 11.0 Å². The van der Waals surface area contributed by atoms with Crippen molar-refractivity contribution in [1.82, 2.24) is 0 Å². The number of rotatable bonds is 3. The van der Waals surface area contributed by atoms with Crippen LogP contribution in [0.2, 0.25) is 0 Å². The summed E-state index contributed by atoms with van der Waals surface area (Å²) in [5.74, 6) is 1.40. The van der Waals surface area contributed by atoms with E-state index in [2.05, 4.69) is 97.2 Å². The van der Waals surface area contributed by atoms with Gasteiger partial charge in [-0.2, -0.15) is 0 Å². The van der Waals surface area contributed by atoms with E-state index in [-0.39, 0.29) is 0 Å². The van der Waals surface area contributed by atoms with Crippen molar-refractivity contribution in [1.29, 1.82) is 0 Å². The topological polar surface area (TPSA) is 13.1 Å². The van der Waals surface area contributed by atoms with Gasteiger partial charge in [0, 0.05) is 16.0 Å². The highest BCUT2D eigenvalue weighted by molar-refractivity contribution is 6.04. The number of benzene rings is 2. The molecule has 0 aliphatic heterocycles. The van der Waals surface area contributed by atoms with Crippen LogP contribution in [0.1, 0.15) is 64.2 Å². The predicted octanol–water partition coefficient (Wildman–Crippen LogP) is 9.77. The van der Waals surface area contributed by atoms with Gasteiger partial charge in [0.15, 0.2) is 0 Å². The maximum Gasteiger partial charge on any atom is 0.143 e. The molecule has 6 aliphatic carbocycles. The summed E-state index contributed by atoms with van der Waals surface area (Å²) in [4.78, 5) is 0. The molecule has 1 nitrogen and oxygen atoms in total. The third-order valence-electron chi connectivity index (χ3n) is 10.9. The van der Waals surface area contributed by atoms with Crippen molar-refractivity contribution in [3.63, 3.8) is 0 Å². The van der Waals surface area contributed by atoms with Crippen molar-refractivity contribution >= 4 is 33.4 Å². The Balaban J connectivity index is 1.01. The Hall–Kier alpha value is -4.10. The fourth-order valence-electron chi connectivity index (χ4n) is 8.52. The molecule has 1 heterocycles. The van der Waals surface area contributed by atoms with E-state index < -0.39 is 0 Å². The normalized spacial score (nSPS) is 24.8. The Morgan fingerprint density at radius 2 is 1.40 bits per heavy atom. The number of allylic oxidation sites excluding steroid dienone is 16. The van der Waals surface area contributed by atoms with E-state index in [0.29, 0.717) is 5.92 Å². The van der Waals surface area contributed by atoms with Gasteiger partial charge in [-0.1, -0.05) is 91.1 Å². The average molecular weight is 559 g/mol. The highest BCUT2D eigenvalue weighted by Gasteiger charge is 2.28. The van der Waals surface area contributed by atoms with Gasteiger partial charge >= 0.3 is 0 Å². The van der Waals surface area contributed by atoms with Crippen molar-refractivity contribution in [2.45, 2.75) is 64.2 Å². The molecule has 0 saturated carbocycles. The fraction of sp³-hybridized carbons (Fsp3) is 0.286. The third-order valence-corrected chi connectivity index (χ3v) is 10.9. The van der Waals surface area contributed by atoms with E-state index in [4.69, 9.17) is 4.42 Å². The quantitative estimate of drug-likeness (QED) is 0.312. The van der Waals surface area contributed by atoms with Crippen molar-refractivity contribution < 1.29 is 4.42 Å². The van der Waals surface area contributed by atoms with Crippen LogP contribution in [0, 0.1) is 11.8 Å². The van der Waals surface area contributed by atoms with Gasteiger partial charge in [-0.25, -0.2) is 0 Å². The summed E-state index contributed by atoms with van der Waals surface area (Å²) < 4.78 is 6.69. The zero-order valence-corrected chi connectivity index (χ0v) is 24.9. The molecule has 0 amide bonds. The first-order valence-corrected chi connectivity index (χ1v) is 16.5. The Labute approximate surface area is 254 Å². The maximum absolute atomic E-state index is 6.69. The van der Waals surface area contributed by atoms with E-state index in [1.165, 1.54) is 76.6 Å². The molecule has 2 aromatic carbocycles. The molecule has 9 rings (SSSR count). The van der Waals surface area contributed by atoms with E-state index in [9.17, 15) is 0 Å². The van der Waals surface area contributed by atoms with Crippen LogP contribution in [0.25, 0.3) is 33.4 Å². The summed E-state index contributed by atoms with van der Waals surface area (Å²) in [5.41, 5.74) is 14.4. The van der Waals surface area contributed by atoms with Crippen LogP contribution in [0.5, 0.6) is 0 Å². The molecule has 212 valence electrons. The van der Waals surface area contributed by atoms with E-state index in [1.54, 1.807) is 27.9 Å². The molecule has 0 saturated heterocycles. The number of fused-ring (bicyclic) bond motifs is 7. The lowest BCUT2D eigenvalue weighted by atomic mass is 9.72. The zero-order chi connectivity index (χ0) is 28.3. The Kier molecular flexibility index (Phi) is 6.06. The molecule has 2 atom stereocenters. The van der Waals surface area contributed by atoms with Crippen molar-refractivity contribution in [3.8, 4) is 0 Å². The first-order valence-electron chi connectivity index (χ1n) is 16.5. The van der Waals surface area contributed by atoms with Gasteiger partial charge < -0.3 is 4.42 Å². The molecule has 0 fully saturated rings. The van der Waals surface area contributed by atoms with Gasteiger partial charge in [0.2, 0.25) is 0 Å². The second-order valence-electron chi connectivity index (χ2n) is 13.3. The number of hydrogen-bond donors (Lipinski definition) is 0. The van der Waals surface area contributed by atoms with Gasteiger partial charge in [0.05, 0.1) is 0 Å². The molecule has 1 aromatic heterocycles. The summed E-state index contributed by atoms with van der Waals surface area (Å²) in [6.07, 6.45) is 35.9. The molecule has 0 N–H and O–H groups in total. The lowest BCUT2D eigenvalue weighted by Crippen LogP contribution is -2.27. The van der Waals surface area contributed by atoms with E-state index in [0.717, 1.165) is 42.6 Å². The smallest absolute Gasteiger partial charge is 0.143 e.